The predicted molar refractivity (Wildman–Crippen MR) is 77.5 cm³/mol. The van der Waals surface area contributed by atoms with Crippen molar-refractivity contribution in [3.63, 3.8) is 0 Å². The Morgan fingerprint density at radius 3 is 2.10 bits per heavy atom. The molecule has 0 aliphatic heterocycles. The molecule has 4 heteroatoms. The molecule has 0 N–H and O–H groups in total. The fourth-order valence-corrected chi connectivity index (χ4v) is 2.00. The molecule has 1 aromatic rings. The topological polar surface area (TPSA) is 43.4 Å². The van der Waals surface area contributed by atoms with Crippen molar-refractivity contribution >= 4 is 12.3 Å². The number of carbonyl (C=O) groups is 2. The molecular formula is C17H18O3Y-2. The van der Waals surface area contributed by atoms with Gasteiger partial charge in [0.25, 0.3) is 0 Å². The van der Waals surface area contributed by atoms with Crippen molar-refractivity contribution in [3.05, 3.63) is 57.7 Å². The van der Waals surface area contributed by atoms with E-state index >= 15 is 0 Å². The Kier molecular flexibility index (Phi) is 7.98. The van der Waals surface area contributed by atoms with Crippen molar-refractivity contribution in [2.45, 2.75) is 27.7 Å². The standard InChI is InChI=1S/C17H18O3.Y/c1-10(17(19)20-6)7-8-15-13(4)11(2)12(3)14(5)16(15)9-18;/h1,7,9H,2-6H3;/q-2;. The Labute approximate surface area is 151 Å². The van der Waals surface area contributed by atoms with Crippen LogP contribution in [0.25, 0.3) is 0 Å². The van der Waals surface area contributed by atoms with Crippen LogP contribution in [-0.4, -0.2) is 19.4 Å². The Hall–Kier alpha value is -1.06. The maximum atomic E-state index is 11.3. The summed E-state index contributed by atoms with van der Waals surface area (Å²) in [6.07, 6.45) is 5.08. The number of hydrogen-bond acceptors (Lipinski definition) is 3. The van der Waals surface area contributed by atoms with Gasteiger partial charge in [-0.25, -0.2) is 12.2 Å². The van der Waals surface area contributed by atoms with Crippen LogP contribution in [0.2, 0.25) is 0 Å². The van der Waals surface area contributed by atoms with Gasteiger partial charge in [-0.1, -0.05) is 29.2 Å². The molecule has 0 saturated carbocycles. The Morgan fingerprint density at radius 2 is 1.62 bits per heavy atom. The van der Waals surface area contributed by atoms with Gasteiger partial charge in [-0.05, 0) is 20.8 Å². The fraction of sp³-hybridized carbons (Fsp3) is 0.294. The second-order valence-electron chi connectivity index (χ2n) is 4.64. The molecule has 0 aliphatic rings. The van der Waals surface area contributed by atoms with Crippen LogP contribution in [0.3, 0.4) is 0 Å². The van der Waals surface area contributed by atoms with Gasteiger partial charge in [0.1, 0.15) is 6.29 Å². The first kappa shape index (κ1) is 19.9. The molecule has 0 spiro atoms. The molecule has 0 aliphatic carbocycles. The number of benzene rings is 1. The van der Waals surface area contributed by atoms with Gasteiger partial charge in [0, 0.05) is 32.7 Å². The first-order valence-electron chi connectivity index (χ1n) is 6.21. The summed E-state index contributed by atoms with van der Waals surface area (Å²) in [5.74, 6) is -0.622. The van der Waals surface area contributed by atoms with Gasteiger partial charge in [-0.15, -0.1) is 11.1 Å². The molecule has 109 valence electrons. The van der Waals surface area contributed by atoms with E-state index in [1.165, 1.54) is 13.2 Å². The number of rotatable bonds is 4. The molecule has 0 aromatic heterocycles. The molecular weight excluding hydrogens is 341 g/mol. The van der Waals surface area contributed by atoms with Crippen LogP contribution in [0, 0.1) is 40.3 Å². The van der Waals surface area contributed by atoms with Crippen molar-refractivity contribution in [2.24, 2.45) is 0 Å². The molecule has 3 nitrogen and oxygen atoms in total. The molecule has 1 rings (SSSR count). The maximum absolute atomic E-state index is 11.3. The summed E-state index contributed by atoms with van der Waals surface area (Å²) < 4.78 is 4.51. The van der Waals surface area contributed by atoms with E-state index < -0.39 is 5.97 Å². The summed E-state index contributed by atoms with van der Waals surface area (Å²) in [6, 6.07) is 0. The van der Waals surface area contributed by atoms with Crippen LogP contribution >= 0.6 is 0 Å². The van der Waals surface area contributed by atoms with Crippen LogP contribution in [0.5, 0.6) is 0 Å². The maximum Gasteiger partial charge on any atom is 0.176 e. The number of methoxy groups -OCH3 is 1. The molecule has 0 unspecified atom stereocenters. The van der Waals surface area contributed by atoms with E-state index in [9.17, 15) is 9.59 Å². The van der Waals surface area contributed by atoms with Gasteiger partial charge in [0.15, 0.2) is 5.97 Å². The minimum atomic E-state index is -0.622. The third-order valence-corrected chi connectivity index (χ3v) is 3.65. The molecule has 0 fully saturated rings. The molecule has 21 heavy (non-hydrogen) atoms. The Bertz CT molecular complexity index is 613. The van der Waals surface area contributed by atoms with E-state index in [0.29, 0.717) is 11.1 Å². The molecule has 0 heterocycles. The summed E-state index contributed by atoms with van der Waals surface area (Å²) in [5, 5.41) is 0. The largest absolute Gasteiger partial charge is 0.529 e. The van der Waals surface area contributed by atoms with Crippen LogP contribution in [0.15, 0.2) is 11.6 Å². The quantitative estimate of drug-likeness (QED) is 0.273. The molecule has 0 saturated heterocycles. The summed E-state index contributed by atoms with van der Waals surface area (Å²) in [6.45, 7) is 13.3. The minimum Gasteiger partial charge on any atom is -0.529 e. The summed E-state index contributed by atoms with van der Waals surface area (Å²) in [7, 11) is 1.26. The SMILES string of the molecule is [CH-]=C(C=[C-]c1c(C)c(C)c(C)c(C)c1C=O)C(=O)OC.[Y]. The average molecular weight is 359 g/mol. The monoisotopic (exact) mass is 359 g/mol. The number of esters is 1. The zero-order chi connectivity index (χ0) is 15.4. The molecule has 0 amide bonds. The predicted octanol–water partition coefficient (Wildman–Crippen LogP) is 2.97. The van der Waals surface area contributed by atoms with Gasteiger partial charge in [-0.3, -0.25) is 6.58 Å². The van der Waals surface area contributed by atoms with E-state index in [-0.39, 0.29) is 38.3 Å². The van der Waals surface area contributed by atoms with Crippen molar-refractivity contribution in [1.29, 1.82) is 0 Å². The minimum absolute atomic E-state index is 0. The van der Waals surface area contributed by atoms with Gasteiger partial charge < -0.3 is 14.3 Å². The third kappa shape index (κ3) is 4.21. The number of ether oxygens (including phenoxy) is 1. The van der Waals surface area contributed by atoms with Crippen molar-refractivity contribution < 1.29 is 47.0 Å². The molecule has 0 bridgehead atoms. The Balaban J connectivity index is 0.00000400. The van der Waals surface area contributed by atoms with Crippen molar-refractivity contribution in [1.82, 2.24) is 0 Å². The first-order valence-corrected chi connectivity index (χ1v) is 6.21. The van der Waals surface area contributed by atoms with E-state index in [4.69, 9.17) is 6.58 Å². The zero-order valence-electron chi connectivity index (χ0n) is 13.0. The van der Waals surface area contributed by atoms with E-state index in [2.05, 4.69) is 10.8 Å². The van der Waals surface area contributed by atoms with Crippen LogP contribution < -0.4 is 0 Å². The fourth-order valence-electron chi connectivity index (χ4n) is 2.00. The Morgan fingerprint density at radius 1 is 1.10 bits per heavy atom. The summed E-state index contributed by atoms with van der Waals surface area (Å²) in [5.41, 5.74) is 5.21. The molecule has 0 atom stereocenters. The van der Waals surface area contributed by atoms with Crippen molar-refractivity contribution in [2.75, 3.05) is 7.11 Å². The number of aldehydes is 1. The number of hydrogen-bond donors (Lipinski definition) is 0. The van der Waals surface area contributed by atoms with Crippen LogP contribution in [0.1, 0.15) is 38.2 Å². The molecule has 1 aromatic carbocycles. The third-order valence-electron chi connectivity index (χ3n) is 3.65. The van der Waals surface area contributed by atoms with Crippen molar-refractivity contribution in [3.8, 4) is 0 Å². The number of carbonyl (C=O) groups excluding carboxylic acids is 2. The smallest absolute Gasteiger partial charge is 0.176 e. The van der Waals surface area contributed by atoms with Gasteiger partial charge in [-0.2, -0.15) is 5.57 Å². The second kappa shape index (κ2) is 8.40. The van der Waals surface area contributed by atoms with E-state index in [1.807, 2.05) is 27.7 Å². The molecule has 1 radical (unpaired) electrons. The first-order chi connectivity index (χ1) is 9.34. The second-order valence-corrected chi connectivity index (χ2v) is 4.64. The van der Waals surface area contributed by atoms with Crippen LogP contribution in [-0.2, 0) is 42.2 Å². The summed E-state index contributed by atoms with van der Waals surface area (Å²) in [4.78, 5) is 22.6. The summed E-state index contributed by atoms with van der Waals surface area (Å²) >= 11 is 0. The average Bonchev–Trinajstić information content (AvgIpc) is 2.45. The van der Waals surface area contributed by atoms with Gasteiger partial charge in [0.2, 0.25) is 0 Å². The van der Waals surface area contributed by atoms with Crippen LogP contribution in [0.4, 0.5) is 0 Å². The van der Waals surface area contributed by atoms with Gasteiger partial charge in [0.05, 0.1) is 7.11 Å². The zero-order valence-corrected chi connectivity index (χ0v) is 15.9. The van der Waals surface area contributed by atoms with E-state index in [0.717, 1.165) is 28.5 Å². The van der Waals surface area contributed by atoms with E-state index in [1.54, 1.807) is 0 Å². The van der Waals surface area contributed by atoms with Gasteiger partial charge >= 0.3 is 0 Å². The normalized spacial score (nSPS) is 10.1.